The minimum absolute atomic E-state index is 0.121. The number of imidazole rings is 1. The Morgan fingerprint density at radius 3 is 2.63 bits per heavy atom. The van der Waals surface area contributed by atoms with E-state index in [-0.39, 0.29) is 42.9 Å². The summed E-state index contributed by atoms with van der Waals surface area (Å²) in [6.07, 6.45) is 5.79. The lowest BCUT2D eigenvalue weighted by molar-refractivity contribution is -0.148. The van der Waals surface area contributed by atoms with E-state index in [0.717, 1.165) is 25.7 Å². The van der Waals surface area contributed by atoms with Crippen LogP contribution in [0.4, 0.5) is 4.39 Å². The van der Waals surface area contributed by atoms with Crippen molar-refractivity contribution in [1.82, 2.24) is 25.3 Å². The first-order valence-electron chi connectivity index (χ1n) is 14.6. The molecule has 0 bridgehead atoms. The Kier molecular flexibility index (Phi) is 8.42. The maximum Gasteiger partial charge on any atom is 0.311 e. The number of nitrogens with one attached hydrogen (secondary N) is 2. The fourth-order valence-electron chi connectivity index (χ4n) is 6.32. The van der Waals surface area contributed by atoms with Gasteiger partial charge in [-0.15, -0.1) is 0 Å². The van der Waals surface area contributed by atoms with Crippen LogP contribution >= 0.6 is 0 Å². The Bertz CT molecular complexity index is 1430. The van der Waals surface area contributed by atoms with E-state index < -0.39 is 29.7 Å². The number of carbonyl (C=O) groups excluding carboxylic acids is 3. The first-order valence-corrected chi connectivity index (χ1v) is 14.6. The summed E-state index contributed by atoms with van der Waals surface area (Å²) in [5.74, 6) is -1.48. The number of aryl methyl sites for hydroxylation is 1. The summed E-state index contributed by atoms with van der Waals surface area (Å²) in [7, 11) is 0. The molecule has 0 spiro atoms. The van der Waals surface area contributed by atoms with E-state index >= 15 is 4.39 Å². The van der Waals surface area contributed by atoms with Crippen LogP contribution in [0, 0.1) is 23.6 Å². The second-order valence-corrected chi connectivity index (χ2v) is 11.4. The van der Waals surface area contributed by atoms with Gasteiger partial charge in [-0.1, -0.05) is 37.9 Å². The van der Waals surface area contributed by atoms with Crippen molar-refractivity contribution in [3.8, 4) is 0 Å². The van der Waals surface area contributed by atoms with E-state index in [1.165, 1.54) is 13.2 Å². The molecule has 1 aliphatic carbocycles. The number of hydrogen-bond acceptors (Lipinski definition) is 7. The summed E-state index contributed by atoms with van der Waals surface area (Å²) in [5.41, 5.74) is 1.92. The third kappa shape index (κ3) is 5.71. The molecule has 10 nitrogen and oxygen atoms in total. The Balaban J connectivity index is 1.49. The molecule has 1 aromatic carbocycles. The predicted molar refractivity (Wildman–Crippen MR) is 148 cm³/mol. The Morgan fingerprint density at radius 1 is 1.20 bits per heavy atom. The second-order valence-electron chi connectivity index (χ2n) is 11.4. The van der Waals surface area contributed by atoms with Gasteiger partial charge in [-0.3, -0.25) is 14.4 Å². The standard InChI is InChI=1S/C30H38FN5O5/c1-5-23-22(15-41-35-23)29(38)34-26(18-9-7-16(3)8-10-18)28-32-24-12-11-19(25(31)27(24)33-28)20-13-36(17(4)37)14-21(20)30(39)40-6-2/h11-12,15-16,18,20-21,26H,5-10,13-14H2,1-4H3,(H,32,33)(H,34,38)/t16-,18-,20?,21?,26-/m0/s1. The van der Waals surface area contributed by atoms with Gasteiger partial charge < -0.3 is 24.5 Å². The lowest BCUT2D eigenvalue weighted by atomic mass is 9.79. The third-order valence-electron chi connectivity index (χ3n) is 8.73. The summed E-state index contributed by atoms with van der Waals surface area (Å²) >= 11 is 0. The summed E-state index contributed by atoms with van der Waals surface area (Å²) < 4.78 is 26.5. The molecular weight excluding hydrogens is 529 g/mol. The van der Waals surface area contributed by atoms with Crippen LogP contribution in [-0.4, -0.2) is 57.5 Å². The van der Waals surface area contributed by atoms with Gasteiger partial charge in [0.05, 0.1) is 29.8 Å². The van der Waals surface area contributed by atoms with Crippen LogP contribution in [-0.2, 0) is 20.7 Å². The molecule has 220 valence electrons. The van der Waals surface area contributed by atoms with Crippen LogP contribution in [0.3, 0.4) is 0 Å². The zero-order chi connectivity index (χ0) is 29.3. The van der Waals surface area contributed by atoms with Gasteiger partial charge in [-0.2, -0.15) is 0 Å². The largest absolute Gasteiger partial charge is 0.466 e. The molecule has 41 heavy (non-hydrogen) atoms. The normalized spacial score (nSPS) is 23.5. The van der Waals surface area contributed by atoms with Crippen molar-refractivity contribution in [1.29, 1.82) is 0 Å². The summed E-state index contributed by atoms with van der Waals surface area (Å²) in [6, 6.07) is 2.94. The Labute approximate surface area is 238 Å². The number of carbonyl (C=O) groups is 3. The van der Waals surface area contributed by atoms with Gasteiger partial charge in [0.25, 0.3) is 5.91 Å². The van der Waals surface area contributed by atoms with Gasteiger partial charge in [0.15, 0.2) is 5.82 Å². The molecule has 2 fully saturated rings. The quantitative estimate of drug-likeness (QED) is 0.378. The molecule has 3 aromatic rings. The molecule has 1 aliphatic heterocycles. The highest BCUT2D eigenvalue weighted by atomic mass is 19.1. The fourth-order valence-corrected chi connectivity index (χ4v) is 6.32. The van der Waals surface area contributed by atoms with Gasteiger partial charge in [0.1, 0.15) is 23.2 Å². The number of ether oxygens (including phenoxy) is 1. The number of fused-ring (bicyclic) bond motifs is 1. The minimum atomic E-state index is -0.670. The molecule has 3 heterocycles. The maximum absolute atomic E-state index is 16.2. The van der Waals surface area contributed by atoms with Crippen molar-refractivity contribution in [2.45, 2.75) is 71.8 Å². The lowest BCUT2D eigenvalue weighted by Crippen LogP contribution is -2.36. The molecule has 2 unspecified atom stereocenters. The van der Waals surface area contributed by atoms with Crippen molar-refractivity contribution in [2.24, 2.45) is 17.8 Å². The van der Waals surface area contributed by atoms with Crippen LogP contribution in [0.5, 0.6) is 0 Å². The van der Waals surface area contributed by atoms with Gasteiger partial charge in [0, 0.05) is 25.9 Å². The highest BCUT2D eigenvalue weighted by Crippen LogP contribution is 2.39. The molecular formula is C30H38FN5O5. The Morgan fingerprint density at radius 2 is 1.95 bits per heavy atom. The highest BCUT2D eigenvalue weighted by Gasteiger charge is 2.42. The number of rotatable bonds is 8. The topological polar surface area (TPSA) is 130 Å². The highest BCUT2D eigenvalue weighted by molar-refractivity contribution is 5.95. The lowest BCUT2D eigenvalue weighted by Gasteiger charge is -2.32. The van der Waals surface area contributed by atoms with Gasteiger partial charge >= 0.3 is 5.97 Å². The monoisotopic (exact) mass is 567 g/mol. The maximum atomic E-state index is 16.2. The van der Waals surface area contributed by atoms with Crippen LogP contribution in [0.15, 0.2) is 22.9 Å². The predicted octanol–water partition coefficient (Wildman–Crippen LogP) is 4.67. The average Bonchev–Trinajstić information content (AvgIpc) is 3.71. The summed E-state index contributed by atoms with van der Waals surface area (Å²) in [5, 5.41) is 7.07. The molecule has 2 amide bonds. The fraction of sp³-hybridized carbons (Fsp3) is 0.567. The van der Waals surface area contributed by atoms with E-state index in [1.807, 2.05) is 6.92 Å². The number of amides is 2. The molecule has 2 N–H and O–H groups in total. The Hall–Kier alpha value is -3.76. The molecule has 5 rings (SSSR count). The van der Waals surface area contributed by atoms with Crippen LogP contribution in [0.1, 0.15) is 92.8 Å². The zero-order valence-corrected chi connectivity index (χ0v) is 24.0. The number of H-pyrrole nitrogens is 1. The van der Waals surface area contributed by atoms with Crippen LogP contribution in [0.25, 0.3) is 11.0 Å². The van der Waals surface area contributed by atoms with E-state index in [9.17, 15) is 14.4 Å². The van der Waals surface area contributed by atoms with Gasteiger partial charge in [0.2, 0.25) is 5.91 Å². The van der Waals surface area contributed by atoms with E-state index in [0.29, 0.717) is 40.5 Å². The number of likely N-dealkylation sites (tertiary alicyclic amines) is 1. The zero-order valence-electron chi connectivity index (χ0n) is 24.0. The number of aromatic nitrogens is 3. The number of benzene rings is 1. The van der Waals surface area contributed by atoms with Crippen LogP contribution < -0.4 is 5.32 Å². The SMILES string of the molecule is CCOC(=O)C1CN(C(C)=O)CC1c1ccc2[nH]c([C@@H](NC(=O)c3conc3CC)[C@H]3CC[C@H](C)CC3)nc2c1F. The molecule has 11 heteroatoms. The molecule has 1 saturated carbocycles. The second kappa shape index (κ2) is 12.0. The van der Waals surface area contributed by atoms with Gasteiger partial charge in [-0.25, -0.2) is 9.37 Å². The average molecular weight is 568 g/mol. The molecule has 2 aliphatic rings. The minimum Gasteiger partial charge on any atom is -0.466 e. The van der Waals surface area contributed by atoms with Crippen molar-refractivity contribution < 1.29 is 28.0 Å². The van der Waals surface area contributed by atoms with Gasteiger partial charge in [-0.05, 0) is 49.7 Å². The summed E-state index contributed by atoms with van der Waals surface area (Å²) in [4.78, 5) is 47.7. The molecule has 0 radical (unpaired) electrons. The molecule has 3 atom stereocenters. The third-order valence-corrected chi connectivity index (χ3v) is 8.73. The van der Waals surface area contributed by atoms with E-state index in [4.69, 9.17) is 14.2 Å². The van der Waals surface area contributed by atoms with Crippen molar-refractivity contribution in [2.75, 3.05) is 19.7 Å². The van der Waals surface area contributed by atoms with Crippen LogP contribution in [0.2, 0.25) is 0 Å². The number of nitrogens with zero attached hydrogens (tertiary/aromatic N) is 3. The van der Waals surface area contributed by atoms with E-state index in [2.05, 4.69) is 22.4 Å². The molecule has 2 aromatic heterocycles. The number of aromatic amines is 1. The van der Waals surface area contributed by atoms with Crippen molar-refractivity contribution in [3.05, 3.63) is 46.9 Å². The number of hydrogen-bond donors (Lipinski definition) is 2. The molecule has 1 saturated heterocycles. The number of halogens is 1. The van der Waals surface area contributed by atoms with Crippen molar-refractivity contribution >= 4 is 28.8 Å². The first kappa shape index (κ1) is 28.8. The number of esters is 1. The first-order chi connectivity index (χ1) is 19.7. The van der Waals surface area contributed by atoms with Crippen molar-refractivity contribution in [3.63, 3.8) is 0 Å². The summed E-state index contributed by atoms with van der Waals surface area (Å²) in [6.45, 7) is 7.89. The smallest absolute Gasteiger partial charge is 0.311 e. The van der Waals surface area contributed by atoms with E-state index in [1.54, 1.807) is 24.0 Å².